The average Bonchev–Trinajstić information content (AvgIpc) is 3.29. The molecule has 5 N–H and O–H groups in total. The summed E-state index contributed by atoms with van der Waals surface area (Å²) >= 11 is 10.5. The largest absolute Gasteiger partial charge is 0.331 e. The van der Waals surface area contributed by atoms with Crippen molar-refractivity contribution in [2.75, 3.05) is 10.6 Å². The molecule has 11 heteroatoms. The predicted octanol–water partition coefficient (Wildman–Crippen LogP) is 3.84. The van der Waals surface area contributed by atoms with Crippen LogP contribution < -0.4 is 21.5 Å². The second-order valence-electron chi connectivity index (χ2n) is 7.27. The Morgan fingerprint density at radius 2 is 1.21 bits per heavy atom. The molecule has 0 atom stereocenters. The van der Waals surface area contributed by atoms with Gasteiger partial charge in [-0.2, -0.15) is 15.3 Å². The van der Waals surface area contributed by atoms with Crippen LogP contribution in [0.4, 0.5) is 11.4 Å². The lowest BCUT2D eigenvalue weighted by atomic mass is 10.2. The van der Waals surface area contributed by atoms with Crippen LogP contribution in [-0.4, -0.2) is 36.8 Å². The van der Waals surface area contributed by atoms with E-state index < -0.39 is 0 Å². The lowest BCUT2D eigenvalue weighted by Gasteiger charge is -2.07. The number of anilines is 2. The number of hydrogen-bond acceptors (Lipinski definition) is 6. The van der Waals surface area contributed by atoms with Crippen molar-refractivity contribution in [3.05, 3.63) is 71.3 Å². The molecule has 0 amide bonds. The van der Waals surface area contributed by atoms with Gasteiger partial charge in [0, 0.05) is 11.4 Å². The van der Waals surface area contributed by atoms with Crippen molar-refractivity contribution in [2.45, 2.75) is 27.7 Å². The topological polar surface area (TPSA) is 114 Å². The van der Waals surface area contributed by atoms with Crippen LogP contribution in [-0.2, 0) is 0 Å². The molecule has 0 fully saturated rings. The van der Waals surface area contributed by atoms with Gasteiger partial charge in [-0.1, -0.05) is 35.4 Å². The smallest absolute Gasteiger partial charge is 0.197 e. The number of H-pyrrole nitrogens is 1. The van der Waals surface area contributed by atoms with Crippen molar-refractivity contribution < 1.29 is 0 Å². The number of rotatable bonds is 6. The highest BCUT2D eigenvalue weighted by Crippen LogP contribution is 2.09. The minimum absolute atomic E-state index is 0.366. The number of aromatic amines is 1. The van der Waals surface area contributed by atoms with Crippen LogP contribution in [0.3, 0.4) is 0 Å². The summed E-state index contributed by atoms with van der Waals surface area (Å²) in [6.45, 7) is 7.62. The quantitative estimate of drug-likeness (QED) is 0.206. The van der Waals surface area contributed by atoms with Gasteiger partial charge in [0.1, 0.15) is 11.4 Å². The number of hydrogen-bond donors (Lipinski definition) is 5. The minimum Gasteiger partial charge on any atom is -0.331 e. The van der Waals surface area contributed by atoms with Gasteiger partial charge < -0.3 is 10.6 Å². The predicted molar refractivity (Wildman–Crippen MR) is 142 cm³/mol. The van der Waals surface area contributed by atoms with E-state index in [1.165, 1.54) is 11.1 Å². The van der Waals surface area contributed by atoms with Gasteiger partial charge in [0.2, 0.25) is 0 Å². The van der Waals surface area contributed by atoms with Gasteiger partial charge in [-0.25, -0.2) is 4.98 Å². The SMILES string of the molecule is C/C(=N\NC(=S)Nc1ccc(C)cc1)c1n[nH]c(/C(C)=N/NC(=S)Nc2ccc(C)cc2)n1. The van der Waals surface area contributed by atoms with Crippen LogP contribution in [0.1, 0.15) is 36.6 Å². The van der Waals surface area contributed by atoms with Gasteiger partial charge in [-0.15, -0.1) is 0 Å². The highest BCUT2D eigenvalue weighted by Gasteiger charge is 2.09. The Bertz CT molecular complexity index is 1090. The Hall–Kier alpha value is -3.70. The molecule has 3 rings (SSSR count). The Labute approximate surface area is 203 Å². The van der Waals surface area contributed by atoms with E-state index in [2.05, 4.69) is 46.9 Å². The van der Waals surface area contributed by atoms with Crippen molar-refractivity contribution in [1.82, 2.24) is 26.0 Å². The molecular formula is C22H25N9S2. The van der Waals surface area contributed by atoms with E-state index in [1.807, 2.05) is 62.4 Å². The maximum atomic E-state index is 5.27. The maximum Gasteiger partial charge on any atom is 0.197 e. The van der Waals surface area contributed by atoms with E-state index in [9.17, 15) is 0 Å². The highest BCUT2D eigenvalue weighted by molar-refractivity contribution is 7.80. The summed E-state index contributed by atoms with van der Waals surface area (Å²) in [5, 5.41) is 22.4. The fraction of sp³-hybridized carbons (Fsp3) is 0.182. The normalized spacial score (nSPS) is 11.6. The first-order valence-electron chi connectivity index (χ1n) is 10.1. The molecule has 9 nitrogen and oxygen atoms in total. The first kappa shape index (κ1) is 24.0. The van der Waals surface area contributed by atoms with Crippen molar-refractivity contribution in [3.63, 3.8) is 0 Å². The number of nitrogens with one attached hydrogen (secondary N) is 5. The fourth-order valence-corrected chi connectivity index (χ4v) is 2.88. The molecule has 0 aliphatic rings. The molecule has 0 unspecified atom stereocenters. The minimum atomic E-state index is 0.366. The van der Waals surface area contributed by atoms with Crippen LogP contribution in [0.25, 0.3) is 0 Å². The number of benzene rings is 2. The number of aromatic nitrogens is 3. The highest BCUT2D eigenvalue weighted by atomic mass is 32.1. The Morgan fingerprint density at radius 1 is 0.758 bits per heavy atom. The van der Waals surface area contributed by atoms with Gasteiger partial charge in [0.05, 0.1) is 0 Å². The third-order valence-electron chi connectivity index (χ3n) is 4.42. The molecule has 33 heavy (non-hydrogen) atoms. The average molecular weight is 480 g/mol. The molecule has 0 saturated carbocycles. The molecule has 1 aromatic heterocycles. The van der Waals surface area contributed by atoms with Gasteiger partial charge in [0.15, 0.2) is 21.9 Å². The summed E-state index contributed by atoms with van der Waals surface area (Å²) in [4.78, 5) is 4.42. The lowest BCUT2D eigenvalue weighted by molar-refractivity contribution is 1.01. The molecule has 0 bridgehead atoms. The van der Waals surface area contributed by atoms with Gasteiger partial charge in [-0.05, 0) is 76.4 Å². The molecule has 0 spiro atoms. The van der Waals surface area contributed by atoms with Crippen LogP contribution in [0.2, 0.25) is 0 Å². The zero-order chi connectivity index (χ0) is 23.8. The number of nitrogens with zero attached hydrogens (tertiary/aromatic N) is 4. The summed E-state index contributed by atoms with van der Waals surface area (Å²) < 4.78 is 0. The van der Waals surface area contributed by atoms with E-state index in [-0.39, 0.29) is 0 Å². The molecule has 0 aliphatic carbocycles. The molecule has 170 valence electrons. The van der Waals surface area contributed by atoms with Crippen LogP contribution in [0.15, 0.2) is 58.7 Å². The van der Waals surface area contributed by atoms with Crippen LogP contribution in [0.5, 0.6) is 0 Å². The fourth-order valence-electron chi connectivity index (χ4n) is 2.55. The van der Waals surface area contributed by atoms with Gasteiger partial charge in [0.25, 0.3) is 0 Å². The second-order valence-corrected chi connectivity index (χ2v) is 8.08. The van der Waals surface area contributed by atoms with E-state index >= 15 is 0 Å². The summed E-state index contributed by atoms with van der Waals surface area (Å²) in [6.07, 6.45) is 0. The number of hydrazone groups is 2. The van der Waals surface area contributed by atoms with E-state index in [4.69, 9.17) is 24.4 Å². The van der Waals surface area contributed by atoms with Crippen molar-refractivity contribution >= 4 is 57.5 Å². The van der Waals surface area contributed by atoms with Crippen molar-refractivity contribution in [1.29, 1.82) is 0 Å². The van der Waals surface area contributed by atoms with E-state index in [1.54, 1.807) is 13.8 Å². The standard InChI is InChI=1S/C22H25N9S2/c1-13-5-9-17(10-6-13)23-21(32)30-26-15(3)19-25-20(29-28-19)16(4)27-31-22(33)24-18-11-7-14(2)8-12-18/h5-12H,1-4H3,(H2,23,30,32)(H2,24,31,33)(H,25,28,29)/b26-15+,27-16+. The third kappa shape index (κ3) is 7.44. The second kappa shape index (κ2) is 11.2. The molecule has 0 aliphatic heterocycles. The van der Waals surface area contributed by atoms with E-state index in [0.717, 1.165) is 11.4 Å². The Kier molecular flexibility index (Phi) is 8.17. The van der Waals surface area contributed by atoms with Crippen molar-refractivity contribution in [2.24, 2.45) is 10.2 Å². The molecule has 1 heterocycles. The summed E-state index contributed by atoms with van der Waals surface area (Å²) in [6, 6.07) is 15.8. The zero-order valence-corrected chi connectivity index (χ0v) is 20.4. The van der Waals surface area contributed by atoms with Gasteiger partial charge >= 0.3 is 0 Å². The molecule has 2 aromatic carbocycles. The molecule has 0 saturated heterocycles. The summed E-state index contributed by atoms with van der Waals surface area (Å²) in [5.74, 6) is 0.913. The Balaban J connectivity index is 1.53. The van der Waals surface area contributed by atoms with Crippen LogP contribution >= 0.6 is 24.4 Å². The molecular weight excluding hydrogens is 454 g/mol. The third-order valence-corrected chi connectivity index (χ3v) is 4.81. The van der Waals surface area contributed by atoms with E-state index in [0.29, 0.717) is 33.3 Å². The number of aryl methyl sites for hydroxylation is 2. The summed E-state index contributed by atoms with van der Waals surface area (Å²) in [7, 11) is 0. The Morgan fingerprint density at radius 3 is 1.70 bits per heavy atom. The maximum absolute atomic E-state index is 5.27. The monoisotopic (exact) mass is 479 g/mol. The first-order chi connectivity index (χ1) is 15.8. The zero-order valence-electron chi connectivity index (χ0n) is 18.7. The summed E-state index contributed by atoms with van der Waals surface area (Å²) in [5.41, 5.74) is 10.8. The number of thiocarbonyl (C=S) groups is 2. The first-order valence-corrected chi connectivity index (χ1v) is 10.9. The van der Waals surface area contributed by atoms with Crippen LogP contribution in [0, 0.1) is 13.8 Å². The lowest BCUT2D eigenvalue weighted by Crippen LogP contribution is -2.25. The molecule has 0 radical (unpaired) electrons. The van der Waals surface area contributed by atoms with Gasteiger partial charge in [-0.3, -0.25) is 16.0 Å². The molecule has 3 aromatic rings. The van der Waals surface area contributed by atoms with Crippen molar-refractivity contribution in [3.8, 4) is 0 Å².